The number of thiophene rings is 1. The van der Waals surface area contributed by atoms with Crippen LogP contribution in [0, 0.1) is 0 Å². The van der Waals surface area contributed by atoms with Crippen molar-refractivity contribution >= 4 is 28.8 Å². The van der Waals surface area contributed by atoms with Gasteiger partial charge in [-0.1, -0.05) is 24.3 Å². The highest BCUT2D eigenvalue weighted by Crippen LogP contribution is 2.31. The molecule has 0 aliphatic carbocycles. The fourth-order valence-electron chi connectivity index (χ4n) is 3.74. The van der Waals surface area contributed by atoms with Crippen LogP contribution in [0.1, 0.15) is 42.4 Å². The third-order valence-corrected chi connectivity index (χ3v) is 5.93. The number of hydrogen-bond donors (Lipinski definition) is 2. The largest absolute Gasteiger partial charge is 0.342 e. The summed E-state index contributed by atoms with van der Waals surface area (Å²) < 4.78 is 0. The normalized spacial score (nSPS) is 24.0. The molecule has 1 spiro atoms. The summed E-state index contributed by atoms with van der Waals surface area (Å²) in [6.07, 6.45) is 0.847. The third-order valence-electron chi connectivity index (χ3n) is 5.08. The minimum Gasteiger partial charge on any atom is -0.342 e. The van der Waals surface area contributed by atoms with Gasteiger partial charge in [-0.05, 0) is 50.3 Å². The van der Waals surface area contributed by atoms with E-state index in [9.17, 15) is 4.79 Å². The van der Waals surface area contributed by atoms with Crippen molar-refractivity contribution in [3.05, 3.63) is 52.2 Å². The molecule has 27 heavy (non-hydrogen) atoms. The van der Waals surface area contributed by atoms with Crippen molar-refractivity contribution < 1.29 is 4.79 Å². The molecule has 1 fully saturated rings. The molecule has 2 aromatic rings. The molecule has 1 aromatic carbocycles. The van der Waals surface area contributed by atoms with Crippen molar-refractivity contribution in [2.24, 2.45) is 4.99 Å². The van der Waals surface area contributed by atoms with Gasteiger partial charge < -0.3 is 10.2 Å². The van der Waals surface area contributed by atoms with Gasteiger partial charge in [0, 0.05) is 25.3 Å². The van der Waals surface area contributed by atoms with Crippen LogP contribution in [0.4, 0.5) is 5.69 Å². The molecule has 4 rings (SSSR count). The summed E-state index contributed by atoms with van der Waals surface area (Å²) in [6.45, 7) is 8.43. The first-order valence-electron chi connectivity index (χ1n) is 9.39. The van der Waals surface area contributed by atoms with Crippen LogP contribution in [-0.2, 0) is 6.54 Å². The highest BCUT2D eigenvalue weighted by atomic mass is 32.1. The van der Waals surface area contributed by atoms with Crippen LogP contribution in [0.15, 0.2) is 46.8 Å². The first-order chi connectivity index (χ1) is 12.9. The van der Waals surface area contributed by atoms with Gasteiger partial charge in [-0.2, -0.15) is 0 Å². The number of nitrogens with one attached hydrogen (secondary N) is 2. The van der Waals surface area contributed by atoms with Crippen molar-refractivity contribution in [1.82, 2.24) is 10.2 Å². The van der Waals surface area contributed by atoms with E-state index in [1.165, 1.54) is 16.9 Å². The number of aliphatic imine (C=N–C) groups is 1. The van der Waals surface area contributed by atoms with Crippen LogP contribution in [0.25, 0.3) is 0 Å². The molecule has 0 radical (unpaired) electrons. The Morgan fingerprint density at radius 1 is 1.22 bits per heavy atom. The van der Waals surface area contributed by atoms with Gasteiger partial charge in [-0.25, -0.2) is 0 Å². The average molecular weight is 383 g/mol. The van der Waals surface area contributed by atoms with Crippen LogP contribution in [0.2, 0.25) is 0 Å². The average Bonchev–Trinajstić information content (AvgIpc) is 3.27. The first-order valence-corrected chi connectivity index (χ1v) is 10.3. The van der Waals surface area contributed by atoms with Crippen molar-refractivity contribution in [3.8, 4) is 0 Å². The summed E-state index contributed by atoms with van der Waals surface area (Å²) in [7, 11) is 0. The standard InChI is InChI=1S/C21H26N4OS/c1-20(2,3)24-19-21(22-13-15-7-4-5-8-16(15)23-19)10-11-25(14-21)18(26)17-9-6-12-27-17/h4-9,12,22H,10-11,13-14H2,1-3H3,(H,23,24)/t21-/m1/s1. The monoisotopic (exact) mass is 382 g/mol. The molecule has 5 nitrogen and oxygen atoms in total. The molecule has 6 heteroatoms. The van der Waals surface area contributed by atoms with Crippen LogP contribution in [-0.4, -0.2) is 40.8 Å². The number of benzene rings is 1. The van der Waals surface area contributed by atoms with Gasteiger partial charge in [-0.3, -0.25) is 15.1 Å². The topological polar surface area (TPSA) is 56.7 Å². The summed E-state index contributed by atoms with van der Waals surface area (Å²) in [5.41, 5.74) is 1.76. The zero-order valence-electron chi connectivity index (χ0n) is 16.1. The van der Waals surface area contributed by atoms with Crippen LogP contribution in [0.3, 0.4) is 0 Å². The molecular formula is C21H26N4OS. The van der Waals surface area contributed by atoms with E-state index in [0.29, 0.717) is 6.54 Å². The fraction of sp³-hybridized carbons (Fsp3) is 0.429. The lowest BCUT2D eigenvalue weighted by atomic mass is 9.95. The van der Waals surface area contributed by atoms with E-state index in [2.05, 4.69) is 49.6 Å². The van der Waals surface area contributed by atoms with Crippen molar-refractivity contribution in [1.29, 1.82) is 0 Å². The molecule has 1 aromatic heterocycles. The second kappa shape index (κ2) is 6.77. The van der Waals surface area contributed by atoms with Crippen LogP contribution in [0.5, 0.6) is 0 Å². The summed E-state index contributed by atoms with van der Waals surface area (Å²) in [5, 5.41) is 9.28. The molecule has 142 valence electrons. The summed E-state index contributed by atoms with van der Waals surface area (Å²) in [4.78, 5) is 20.7. The molecule has 0 bridgehead atoms. The number of nitrogens with zero attached hydrogens (tertiary/aromatic N) is 2. The highest BCUT2D eigenvalue weighted by molar-refractivity contribution is 7.12. The number of carbonyl (C=O) groups excluding carboxylic acids is 1. The van der Waals surface area contributed by atoms with Gasteiger partial charge in [-0.15, -0.1) is 11.3 Å². The quantitative estimate of drug-likeness (QED) is 0.790. The van der Waals surface area contributed by atoms with E-state index in [0.717, 1.165) is 35.9 Å². The van der Waals surface area contributed by atoms with Crippen molar-refractivity contribution in [3.63, 3.8) is 0 Å². The molecule has 0 unspecified atom stereocenters. The summed E-state index contributed by atoms with van der Waals surface area (Å²) in [5.74, 6) is 1.04. The van der Waals surface area contributed by atoms with Gasteiger partial charge in [0.1, 0.15) is 5.84 Å². The van der Waals surface area contributed by atoms with Crippen LogP contribution >= 0.6 is 11.3 Å². The Balaban J connectivity index is 1.68. The molecule has 0 saturated carbocycles. The fourth-order valence-corrected chi connectivity index (χ4v) is 4.43. The van der Waals surface area contributed by atoms with Crippen molar-refractivity contribution in [2.45, 2.75) is 44.8 Å². The molecule has 2 aliphatic rings. The minimum atomic E-state index is -0.348. The van der Waals surface area contributed by atoms with Gasteiger partial charge >= 0.3 is 0 Å². The van der Waals surface area contributed by atoms with Crippen molar-refractivity contribution in [2.75, 3.05) is 18.4 Å². The Morgan fingerprint density at radius 2 is 2.04 bits per heavy atom. The van der Waals surface area contributed by atoms with Gasteiger partial charge in [0.05, 0.1) is 16.0 Å². The smallest absolute Gasteiger partial charge is 0.263 e. The van der Waals surface area contributed by atoms with E-state index < -0.39 is 0 Å². The van der Waals surface area contributed by atoms with Gasteiger partial charge in [0.15, 0.2) is 0 Å². The molecule has 1 amide bonds. The maximum atomic E-state index is 12.9. The van der Waals surface area contributed by atoms with E-state index in [1.807, 2.05) is 28.5 Å². The lowest BCUT2D eigenvalue weighted by molar-refractivity contribution is 0.0790. The second-order valence-corrected chi connectivity index (χ2v) is 9.25. The van der Waals surface area contributed by atoms with E-state index >= 15 is 0 Å². The number of amides is 1. The number of amidine groups is 1. The lowest BCUT2D eigenvalue weighted by Crippen LogP contribution is -2.56. The number of carbonyl (C=O) groups is 1. The minimum absolute atomic E-state index is 0.112. The molecule has 2 N–H and O–H groups in total. The Hall–Kier alpha value is -2.18. The number of likely N-dealkylation sites (tertiary alicyclic amines) is 1. The predicted octanol–water partition coefficient (Wildman–Crippen LogP) is 3.75. The maximum absolute atomic E-state index is 12.9. The van der Waals surface area contributed by atoms with E-state index in [4.69, 9.17) is 4.99 Å². The molecule has 2 aliphatic heterocycles. The molecule has 1 saturated heterocycles. The third kappa shape index (κ3) is 3.64. The predicted molar refractivity (Wildman–Crippen MR) is 112 cm³/mol. The summed E-state index contributed by atoms with van der Waals surface area (Å²) >= 11 is 1.50. The van der Waals surface area contributed by atoms with E-state index in [-0.39, 0.29) is 17.0 Å². The zero-order valence-corrected chi connectivity index (χ0v) is 16.9. The molecule has 3 heterocycles. The zero-order chi connectivity index (χ0) is 19.1. The molecular weight excluding hydrogens is 356 g/mol. The Kier molecular flexibility index (Phi) is 4.56. The number of anilines is 1. The number of fused-ring (bicyclic) bond motifs is 1. The number of rotatable bonds is 1. The number of hydrogen-bond acceptors (Lipinski definition) is 4. The SMILES string of the molecule is CC(C)(C)N=C1Nc2ccccc2CN[C@@]12CCN(C(=O)c1cccs1)C2. The Bertz CT molecular complexity index is 869. The Morgan fingerprint density at radius 3 is 2.78 bits per heavy atom. The molecule has 1 atom stereocenters. The lowest BCUT2D eigenvalue weighted by Gasteiger charge is -2.32. The second-order valence-electron chi connectivity index (χ2n) is 8.30. The Labute approximate surface area is 164 Å². The highest BCUT2D eigenvalue weighted by Gasteiger charge is 2.46. The number of para-hydroxylation sites is 1. The summed E-state index contributed by atoms with van der Waals surface area (Å²) in [6, 6.07) is 12.2. The van der Waals surface area contributed by atoms with Crippen LogP contribution < -0.4 is 10.6 Å². The van der Waals surface area contributed by atoms with Gasteiger partial charge in [0.2, 0.25) is 0 Å². The maximum Gasteiger partial charge on any atom is 0.263 e. The first kappa shape index (κ1) is 18.2. The van der Waals surface area contributed by atoms with Gasteiger partial charge in [0.25, 0.3) is 5.91 Å². The van der Waals surface area contributed by atoms with E-state index in [1.54, 1.807) is 0 Å².